The molecule has 7 heteroatoms. The number of allylic oxidation sites excluding steroid dienone is 1. The molecular weight excluding hydrogens is 342 g/mol. The van der Waals surface area contributed by atoms with E-state index in [4.69, 9.17) is 16.3 Å². The summed E-state index contributed by atoms with van der Waals surface area (Å²) in [5.74, 6) is -0.0676. The number of ether oxygens (including phenoxy) is 1. The van der Waals surface area contributed by atoms with E-state index in [2.05, 4.69) is 4.99 Å². The van der Waals surface area contributed by atoms with Crippen LogP contribution in [0.15, 0.2) is 40.6 Å². The molecule has 3 rings (SSSR count). The van der Waals surface area contributed by atoms with Crippen molar-refractivity contribution in [3.63, 3.8) is 0 Å². The fourth-order valence-corrected chi connectivity index (χ4v) is 3.07. The monoisotopic (exact) mass is 360 g/mol. The van der Waals surface area contributed by atoms with Crippen molar-refractivity contribution in [2.24, 2.45) is 10.9 Å². The molecule has 0 spiro atoms. The van der Waals surface area contributed by atoms with Gasteiger partial charge >= 0.3 is 11.9 Å². The van der Waals surface area contributed by atoms with Gasteiger partial charge in [-0.3, -0.25) is 4.79 Å². The van der Waals surface area contributed by atoms with Gasteiger partial charge in [-0.2, -0.15) is 9.48 Å². The normalized spacial score (nSPS) is 20.3. The van der Waals surface area contributed by atoms with E-state index in [0.29, 0.717) is 23.2 Å². The van der Waals surface area contributed by atoms with Crippen LogP contribution in [-0.4, -0.2) is 47.1 Å². The van der Waals surface area contributed by atoms with Gasteiger partial charge in [0.25, 0.3) is 5.84 Å². The fraction of sp³-hybridized carbons (Fsp3) is 0.333. The predicted octanol–water partition coefficient (Wildman–Crippen LogP) is 2.85. The topological polar surface area (TPSA) is 62.0 Å². The lowest BCUT2D eigenvalue weighted by Crippen LogP contribution is -2.54. The lowest BCUT2D eigenvalue weighted by atomic mass is 9.96. The summed E-state index contributed by atoms with van der Waals surface area (Å²) in [6.45, 7) is 4.31. The highest BCUT2D eigenvalue weighted by molar-refractivity contribution is 6.30. The third-order valence-corrected chi connectivity index (χ3v) is 4.48. The SMILES string of the molecule is CCOC1=C(C)C=NC2=[N+](C)C(=O)N(Cc3ccc(Cl)cc3)C(=O)C12. The Balaban J connectivity index is 1.99. The Morgan fingerprint density at radius 2 is 1.96 bits per heavy atom. The second-order valence-corrected chi connectivity index (χ2v) is 6.36. The van der Waals surface area contributed by atoms with Crippen LogP contribution in [0, 0.1) is 5.92 Å². The number of carbonyl (C=O) groups is 2. The van der Waals surface area contributed by atoms with E-state index >= 15 is 0 Å². The largest absolute Gasteiger partial charge is 0.496 e. The number of nitrogens with zero attached hydrogens (tertiary/aromatic N) is 3. The summed E-state index contributed by atoms with van der Waals surface area (Å²) in [4.78, 5) is 31.2. The van der Waals surface area contributed by atoms with Gasteiger partial charge in [-0.15, -0.1) is 4.99 Å². The first-order chi connectivity index (χ1) is 11.9. The molecule has 1 aromatic rings. The second kappa shape index (κ2) is 6.80. The summed E-state index contributed by atoms with van der Waals surface area (Å²) in [5.41, 5.74) is 1.61. The van der Waals surface area contributed by atoms with E-state index in [1.807, 2.05) is 13.8 Å². The zero-order valence-corrected chi connectivity index (χ0v) is 15.1. The van der Waals surface area contributed by atoms with Crippen molar-refractivity contribution >= 4 is 35.6 Å². The fourth-order valence-electron chi connectivity index (χ4n) is 2.95. The maximum Gasteiger partial charge on any atom is 0.445 e. The first kappa shape index (κ1) is 17.4. The molecule has 0 aliphatic carbocycles. The highest BCUT2D eigenvalue weighted by Crippen LogP contribution is 2.28. The van der Waals surface area contributed by atoms with Crippen LogP contribution in [-0.2, 0) is 16.1 Å². The molecule has 0 aromatic heterocycles. The molecule has 2 heterocycles. The number of amidine groups is 1. The number of hydrogen-bond acceptors (Lipinski definition) is 4. The van der Waals surface area contributed by atoms with Crippen LogP contribution in [0.4, 0.5) is 4.79 Å². The molecule has 1 atom stereocenters. The number of carbonyl (C=O) groups excluding carboxylic acids is 2. The number of urea groups is 1. The van der Waals surface area contributed by atoms with E-state index in [9.17, 15) is 9.59 Å². The average molecular weight is 361 g/mol. The van der Waals surface area contributed by atoms with Crippen LogP contribution >= 0.6 is 11.6 Å². The number of fused-ring (bicyclic) bond motifs is 1. The van der Waals surface area contributed by atoms with E-state index in [0.717, 1.165) is 11.1 Å². The van der Waals surface area contributed by atoms with Crippen molar-refractivity contribution in [3.8, 4) is 0 Å². The highest BCUT2D eigenvalue weighted by atomic mass is 35.5. The maximum atomic E-state index is 13.1. The number of rotatable bonds is 4. The Labute approximate surface area is 151 Å². The van der Waals surface area contributed by atoms with Crippen LogP contribution in [0.25, 0.3) is 0 Å². The number of amides is 3. The van der Waals surface area contributed by atoms with Gasteiger partial charge in [0, 0.05) is 10.6 Å². The summed E-state index contributed by atoms with van der Waals surface area (Å²) >= 11 is 5.90. The van der Waals surface area contributed by atoms with Gasteiger partial charge in [-0.25, -0.2) is 4.79 Å². The molecule has 2 aliphatic rings. The van der Waals surface area contributed by atoms with Gasteiger partial charge in [0.05, 0.1) is 13.7 Å². The van der Waals surface area contributed by atoms with Gasteiger partial charge in [0.1, 0.15) is 18.5 Å². The first-order valence-electron chi connectivity index (χ1n) is 8.02. The minimum absolute atomic E-state index is 0.172. The molecule has 0 saturated heterocycles. The number of benzene rings is 1. The lowest BCUT2D eigenvalue weighted by Gasteiger charge is -2.29. The van der Waals surface area contributed by atoms with Gasteiger partial charge in [0.15, 0.2) is 5.92 Å². The maximum absolute atomic E-state index is 13.1. The highest BCUT2D eigenvalue weighted by Gasteiger charge is 2.50. The van der Waals surface area contributed by atoms with Crippen molar-refractivity contribution in [2.45, 2.75) is 20.4 Å². The van der Waals surface area contributed by atoms with E-state index in [-0.39, 0.29) is 12.5 Å². The summed E-state index contributed by atoms with van der Waals surface area (Å²) in [6, 6.07) is 6.66. The molecule has 0 radical (unpaired) electrons. The molecule has 0 N–H and O–H groups in total. The molecule has 1 unspecified atom stereocenters. The van der Waals surface area contributed by atoms with Gasteiger partial charge < -0.3 is 4.74 Å². The molecule has 0 fully saturated rings. The van der Waals surface area contributed by atoms with Crippen molar-refractivity contribution in [3.05, 3.63) is 46.2 Å². The van der Waals surface area contributed by atoms with Crippen molar-refractivity contribution in [1.82, 2.24) is 4.90 Å². The van der Waals surface area contributed by atoms with Gasteiger partial charge in [0.2, 0.25) is 0 Å². The molecule has 2 aliphatic heterocycles. The first-order valence-corrected chi connectivity index (χ1v) is 8.39. The Bertz CT molecular complexity index is 824. The zero-order valence-electron chi connectivity index (χ0n) is 14.3. The van der Waals surface area contributed by atoms with Crippen molar-refractivity contribution in [2.75, 3.05) is 13.7 Å². The number of halogens is 1. The molecule has 0 saturated carbocycles. The lowest BCUT2D eigenvalue weighted by molar-refractivity contribution is -0.409. The van der Waals surface area contributed by atoms with E-state index in [1.54, 1.807) is 37.5 Å². The summed E-state index contributed by atoms with van der Waals surface area (Å²) in [7, 11) is 1.62. The van der Waals surface area contributed by atoms with Crippen LogP contribution in [0.2, 0.25) is 5.02 Å². The van der Waals surface area contributed by atoms with Gasteiger partial charge in [-0.1, -0.05) is 23.7 Å². The summed E-state index contributed by atoms with van der Waals surface area (Å²) in [5, 5.41) is 0.603. The zero-order chi connectivity index (χ0) is 18.1. The smallest absolute Gasteiger partial charge is 0.445 e. The van der Waals surface area contributed by atoms with E-state index in [1.165, 1.54) is 9.48 Å². The van der Waals surface area contributed by atoms with Crippen LogP contribution < -0.4 is 0 Å². The second-order valence-electron chi connectivity index (χ2n) is 5.92. The van der Waals surface area contributed by atoms with Crippen LogP contribution in [0.1, 0.15) is 19.4 Å². The molecule has 25 heavy (non-hydrogen) atoms. The Hall–Kier alpha value is -2.47. The van der Waals surface area contributed by atoms with Crippen LogP contribution in [0.5, 0.6) is 0 Å². The Kier molecular flexibility index (Phi) is 4.72. The predicted molar refractivity (Wildman–Crippen MR) is 94.9 cm³/mol. The van der Waals surface area contributed by atoms with Gasteiger partial charge in [-0.05, 0) is 31.5 Å². The van der Waals surface area contributed by atoms with E-state index < -0.39 is 11.9 Å². The molecule has 1 aromatic carbocycles. The summed E-state index contributed by atoms with van der Waals surface area (Å²) < 4.78 is 7.10. The molecule has 0 bridgehead atoms. The molecular formula is C18H19ClN3O3+. The number of dihydropyridines is 1. The van der Waals surface area contributed by atoms with Crippen LogP contribution in [0.3, 0.4) is 0 Å². The average Bonchev–Trinajstić information content (AvgIpc) is 2.60. The third kappa shape index (κ3) is 3.09. The Morgan fingerprint density at radius 1 is 1.28 bits per heavy atom. The Morgan fingerprint density at radius 3 is 2.60 bits per heavy atom. The molecule has 3 amide bonds. The van der Waals surface area contributed by atoms with Crippen molar-refractivity contribution in [1.29, 1.82) is 0 Å². The quantitative estimate of drug-likeness (QED) is 0.776. The molecule has 6 nitrogen and oxygen atoms in total. The standard InChI is InChI=1S/C18H19ClN3O3/c1-4-25-15-11(2)9-20-16-14(15)17(23)22(18(24)21(16)3)10-12-5-7-13(19)8-6-12/h5-9,14H,4,10H2,1-3H3/q+1. The number of imide groups is 1. The molecule has 130 valence electrons. The van der Waals surface area contributed by atoms with Crippen molar-refractivity contribution < 1.29 is 18.9 Å². The minimum atomic E-state index is -0.694. The minimum Gasteiger partial charge on any atom is -0.496 e. The number of aliphatic imine (C=N–C) groups is 1. The number of hydrogen-bond donors (Lipinski definition) is 0. The third-order valence-electron chi connectivity index (χ3n) is 4.23. The summed E-state index contributed by atoms with van der Waals surface area (Å²) in [6.07, 6.45) is 1.63.